The summed E-state index contributed by atoms with van der Waals surface area (Å²) in [6.45, 7) is 3.23. The molecule has 2 aliphatic rings. The van der Waals surface area contributed by atoms with Gasteiger partial charge in [-0.15, -0.1) is 0 Å². The van der Waals surface area contributed by atoms with Crippen molar-refractivity contribution < 1.29 is 18.7 Å². The number of nitrogens with one attached hydrogen (secondary N) is 1. The van der Waals surface area contributed by atoms with Crippen molar-refractivity contribution in [2.24, 2.45) is 0 Å². The summed E-state index contributed by atoms with van der Waals surface area (Å²) in [5.41, 5.74) is 7.73. The molecule has 0 bridgehead atoms. The Morgan fingerprint density at radius 3 is 2.70 bits per heavy atom. The first-order chi connectivity index (χ1) is 19.4. The molecule has 11 heteroatoms. The Kier molecular flexibility index (Phi) is 6.67. The minimum absolute atomic E-state index is 0.00773. The van der Waals surface area contributed by atoms with E-state index < -0.39 is 5.67 Å². The molecule has 10 nitrogen and oxygen atoms in total. The van der Waals surface area contributed by atoms with Crippen LogP contribution in [0.3, 0.4) is 0 Å². The molecule has 1 aromatic carbocycles. The Labute approximate surface area is 230 Å². The predicted molar refractivity (Wildman–Crippen MR) is 147 cm³/mol. The number of piperidine rings is 1. The van der Waals surface area contributed by atoms with Crippen LogP contribution in [0, 0.1) is 0 Å². The zero-order chi connectivity index (χ0) is 27.9. The zero-order valence-electron chi connectivity index (χ0n) is 22.1. The van der Waals surface area contributed by atoms with E-state index in [0.717, 1.165) is 30.8 Å². The van der Waals surface area contributed by atoms with Gasteiger partial charge < -0.3 is 20.7 Å². The van der Waals surface area contributed by atoms with Crippen LogP contribution in [0.4, 0.5) is 16.0 Å². The molecule has 3 aromatic heterocycles. The largest absolute Gasteiger partial charge is 0.382 e. The highest BCUT2D eigenvalue weighted by Crippen LogP contribution is 2.35. The van der Waals surface area contributed by atoms with Crippen LogP contribution >= 0.6 is 0 Å². The lowest BCUT2D eigenvalue weighted by molar-refractivity contribution is -0.135. The lowest BCUT2D eigenvalue weighted by Crippen LogP contribution is -2.42. The topological polar surface area (TPSA) is 128 Å². The molecule has 2 amide bonds. The average Bonchev–Trinajstić information content (AvgIpc) is 3.37. The molecule has 2 fully saturated rings. The number of carbonyl (C=O) groups is 2. The molecule has 0 saturated carbocycles. The molecule has 206 valence electrons. The van der Waals surface area contributed by atoms with Gasteiger partial charge in [-0.25, -0.2) is 19.3 Å². The molecule has 4 aromatic rings. The standard InChI is InChI=1S/C29H30FN7O3/c1-2-23(38)36-12-3-4-20(15-36)27-35-24(25-26(31)33-11-13-37(25)27)18-5-7-19(8-6-18)28(39)34-22-14-21(9-10-32-22)29(30)16-40-17-29/h5-11,13-14,20H,2-4,12,15-17H2,1H3,(H2,31,33)(H,32,34,39). The minimum Gasteiger partial charge on any atom is -0.382 e. The van der Waals surface area contributed by atoms with Crippen LogP contribution < -0.4 is 11.1 Å². The van der Waals surface area contributed by atoms with E-state index in [1.807, 2.05) is 34.6 Å². The lowest BCUT2D eigenvalue weighted by Gasteiger charge is -2.34. The molecule has 6 rings (SSSR count). The smallest absolute Gasteiger partial charge is 0.256 e. The van der Waals surface area contributed by atoms with Gasteiger partial charge in [-0.3, -0.25) is 14.0 Å². The minimum atomic E-state index is -1.55. The molecule has 0 spiro atoms. The van der Waals surface area contributed by atoms with Crippen molar-refractivity contribution in [1.29, 1.82) is 0 Å². The summed E-state index contributed by atoms with van der Waals surface area (Å²) in [5.74, 6) is 1.29. The Morgan fingerprint density at radius 1 is 1.18 bits per heavy atom. The molecule has 1 unspecified atom stereocenters. The number of hydrogen-bond donors (Lipinski definition) is 2. The fourth-order valence-corrected chi connectivity index (χ4v) is 5.41. The Bertz CT molecular complexity index is 1580. The number of halogens is 1. The van der Waals surface area contributed by atoms with E-state index in [1.165, 1.54) is 12.3 Å². The van der Waals surface area contributed by atoms with E-state index in [1.54, 1.807) is 24.4 Å². The van der Waals surface area contributed by atoms with E-state index in [-0.39, 0.29) is 36.8 Å². The Balaban J connectivity index is 1.26. The second kappa shape index (κ2) is 10.3. The normalized spacial score (nSPS) is 18.4. The first kappa shape index (κ1) is 25.9. The summed E-state index contributed by atoms with van der Waals surface area (Å²) in [5, 5.41) is 2.74. The highest BCUT2D eigenvalue weighted by molar-refractivity contribution is 6.04. The molecule has 3 N–H and O–H groups in total. The van der Waals surface area contributed by atoms with Crippen molar-refractivity contribution in [1.82, 2.24) is 24.3 Å². The van der Waals surface area contributed by atoms with Gasteiger partial charge >= 0.3 is 0 Å². The molecule has 1 atom stereocenters. The van der Waals surface area contributed by atoms with Gasteiger partial charge in [-0.2, -0.15) is 0 Å². The van der Waals surface area contributed by atoms with E-state index >= 15 is 0 Å². The lowest BCUT2D eigenvalue weighted by atomic mass is 9.95. The number of nitrogens with two attached hydrogens (primary N) is 1. The van der Waals surface area contributed by atoms with Crippen LogP contribution in [0.2, 0.25) is 0 Å². The fraction of sp³-hybridized carbons (Fsp3) is 0.345. The van der Waals surface area contributed by atoms with Gasteiger partial charge in [0.1, 0.15) is 28.7 Å². The second-order valence-electron chi connectivity index (χ2n) is 10.3. The summed E-state index contributed by atoms with van der Waals surface area (Å²) < 4.78 is 21.7. The van der Waals surface area contributed by atoms with Crippen LogP contribution in [0.1, 0.15) is 53.8 Å². The number of carbonyl (C=O) groups excluding carboxylic acids is 2. The van der Waals surface area contributed by atoms with Crippen molar-refractivity contribution >= 4 is 29.0 Å². The number of alkyl halides is 1. The quantitative estimate of drug-likeness (QED) is 0.377. The first-order valence-corrected chi connectivity index (χ1v) is 13.4. The van der Waals surface area contributed by atoms with Gasteiger partial charge in [-0.1, -0.05) is 19.1 Å². The Hall–Kier alpha value is -4.38. The molecule has 2 aliphatic heterocycles. The summed E-state index contributed by atoms with van der Waals surface area (Å²) in [7, 11) is 0. The van der Waals surface area contributed by atoms with E-state index in [9.17, 15) is 14.0 Å². The summed E-state index contributed by atoms with van der Waals surface area (Å²) in [6, 6.07) is 10.1. The fourth-order valence-electron chi connectivity index (χ4n) is 5.41. The number of amides is 2. The third kappa shape index (κ3) is 4.66. The van der Waals surface area contributed by atoms with E-state index in [4.69, 9.17) is 15.5 Å². The van der Waals surface area contributed by atoms with Crippen LogP contribution in [0.25, 0.3) is 16.8 Å². The maximum Gasteiger partial charge on any atom is 0.256 e. The van der Waals surface area contributed by atoms with Gasteiger partial charge in [0, 0.05) is 55.1 Å². The number of nitrogens with zero attached hydrogens (tertiary/aromatic N) is 5. The summed E-state index contributed by atoms with van der Waals surface area (Å²) in [4.78, 5) is 40.7. The third-order valence-electron chi connectivity index (χ3n) is 7.65. The molecular weight excluding hydrogens is 513 g/mol. The number of hydrogen-bond acceptors (Lipinski definition) is 7. The van der Waals surface area contributed by atoms with Crippen molar-refractivity contribution in [2.75, 3.05) is 37.4 Å². The summed E-state index contributed by atoms with van der Waals surface area (Å²) >= 11 is 0. The van der Waals surface area contributed by atoms with Crippen molar-refractivity contribution in [3.8, 4) is 11.3 Å². The SMILES string of the molecule is CCC(=O)N1CCCC(c2nc(-c3ccc(C(=O)Nc4cc(C5(F)COC5)ccn4)cc3)c3c(N)nccn23)C1. The monoisotopic (exact) mass is 543 g/mol. The van der Waals surface area contributed by atoms with Gasteiger partial charge in [-0.05, 0) is 42.7 Å². The van der Waals surface area contributed by atoms with E-state index in [0.29, 0.717) is 41.1 Å². The molecule has 5 heterocycles. The number of imidazole rings is 1. The number of ether oxygens (including phenoxy) is 1. The highest BCUT2D eigenvalue weighted by Gasteiger charge is 2.41. The van der Waals surface area contributed by atoms with Crippen molar-refractivity contribution in [3.05, 3.63) is 71.9 Å². The Morgan fingerprint density at radius 2 is 1.98 bits per heavy atom. The van der Waals surface area contributed by atoms with Crippen molar-refractivity contribution in [2.45, 2.75) is 37.8 Å². The van der Waals surface area contributed by atoms with Crippen LogP contribution in [0.15, 0.2) is 55.0 Å². The predicted octanol–water partition coefficient (Wildman–Crippen LogP) is 3.94. The van der Waals surface area contributed by atoms with Crippen LogP contribution in [0.5, 0.6) is 0 Å². The molecule has 0 radical (unpaired) electrons. The number of anilines is 2. The number of benzene rings is 1. The van der Waals surface area contributed by atoms with Gasteiger partial charge in [0.05, 0.1) is 13.2 Å². The highest BCUT2D eigenvalue weighted by atomic mass is 19.1. The molecule has 0 aliphatic carbocycles. The first-order valence-electron chi connectivity index (χ1n) is 13.4. The number of rotatable bonds is 6. The number of aromatic nitrogens is 4. The van der Waals surface area contributed by atoms with Gasteiger partial charge in [0.2, 0.25) is 5.91 Å². The van der Waals surface area contributed by atoms with Gasteiger partial charge in [0.15, 0.2) is 5.67 Å². The molecule has 2 saturated heterocycles. The number of nitrogen functional groups attached to an aromatic ring is 1. The molecule has 40 heavy (non-hydrogen) atoms. The maximum absolute atomic E-state index is 14.7. The summed E-state index contributed by atoms with van der Waals surface area (Å²) in [6.07, 6.45) is 7.26. The maximum atomic E-state index is 14.7. The average molecular weight is 544 g/mol. The molecular formula is C29H30FN7O3. The number of likely N-dealkylation sites (tertiary alicyclic amines) is 1. The van der Waals surface area contributed by atoms with E-state index in [2.05, 4.69) is 15.3 Å². The van der Waals surface area contributed by atoms with Gasteiger partial charge in [0.25, 0.3) is 5.91 Å². The van der Waals surface area contributed by atoms with Crippen LogP contribution in [-0.2, 0) is 15.2 Å². The number of pyridine rings is 1. The van der Waals surface area contributed by atoms with Crippen molar-refractivity contribution in [3.63, 3.8) is 0 Å². The second-order valence-corrected chi connectivity index (χ2v) is 10.3. The number of fused-ring (bicyclic) bond motifs is 1. The zero-order valence-corrected chi connectivity index (χ0v) is 22.1. The van der Waals surface area contributed by atoms with Crippen LogP contribution in [-0.4, -0.2) is 62.4 Å². The third-order valence-corrected chi connectivity index (χ3v) is 7.65.